The number of hydrogen-bond donors (Lipinski definition) is 3. The zero-order valence-electron chi connectivity index (χ0n) is 26.3. The lowest BCUT2D eigenvalue weighted by Crippen LogP contribution is -2.52. The molecule has 234 valence electrons. The lowest BCUT2D eigenvalue weighted by atomic mass is 9.91. The molecule has 4 heterocycles. The Bertz CT molecular complexity index is 1460. The Labute approximate surface area is 261 Å². The van der Waals surface area contributed by atoms with Crippen molar-refractivity contribution in [3.8, 4) is 11.1 Å². The molecule has 6 rings (SSSR count). The first-order chi connectivity index (χ1) is 21.4. The van der Waals surface area contributed by atoms with E-state index in [0.717, 1.165) is 73.3 Å². The molecule has 3 aliphatic rings. The molecule has 3 fully saturated rings. The zero-order chi connectivity index (χ0) is 30.6. The smallest absolute Gasteiger partial charge is 0.243 e. The maximum Gasteiger partial charge on any atom is 0.243 e. The van der Waals surface area contributed by atoms with Crippen LogP contribution in [0.2, 0.25) is 0 Å². The van der Waals surface area contributed by atoms with Crippen LogP contribution in [0.5, 0.6) is 0 Å². The lowest BCUT2D eigenvalue weighted by Gasteiger charge is -2.42. The van der Waals surface area contributed by atoms with E-state index in [0.29, 0.717) is 17.4 Å². The van der Waals surface area contributed by atoms with Crippen LogP contribution in [-0.2, 0) is 11.2 Å². The normalized spacial score (nSPS) is 22.2. The van der Waals surface area contributed by atoms with Crippen LogP contribution < -0.4 is 21.3 Å². The number of nitrogen functional groups attached to an aromatic ring is 1. The number of nitrogens with two attached hydrogens (primary N) is 1. The maximum absolute atomic E-state index is 11.9. The van der Waals surface area contributed by atoms with Crippen LogP contribution in [-0.4, -0.2) is 95.1 Å². The first-order valence-electron chi connectivity index (χ1n) is 16.3. The highest BCUT2D eigenvalue weighted by Crippen LogP contribution is 2.33. The molecule has 44 heavy (non-hydrogen) atoms. The monoisotopic (exact) mass is 597 g/mol. The SMILES string of the molecule is C=CC(=O)NC1CCCC(Nc2nc3c(-c4ccc(N5CCC(N6CCN(C)CC6)CC5)cc4)cnc(N)c3nc2CC)C1. The highest BCUT2D eigenvalue weighted by Gasteiger charge is 2.27. The molecule has 2 atom stereocenters. The van der Waals surface area contributed by atoms with Gasteiger partial charge in [0, 0.05) is 74.8 Å². The number of anilines is 3. The predicted octanol–water partition coefficient (Wildman–Crippen LogP) is 4.08. The summed E-state index contributed by atoms with van der Waals surface area (Å²) in [4.78, 5) is 34.1. The van der Waals surface area contributed by atoms with Crippen LogP contribution >= 0.6 is 0 Å². The minimum atomic E-state index is -0.121. The number of fused-ring (bicyclic) bond motifs is 1. The summed E-state index contributed by atoms with van der Waals surface area (Å²) in [6.07, 6.45) is 10.2. The molecule has 1 aromatic carbocycles. The molecule has 10 heteroatoms. The molecular weight excluding hydrogens is 550 g/mol. The zero-order valence-corrected chi connectivity index (χ0v) is 26.3. The van der Waals surface area contributed by atoms with Crippen LogP contribution in [0.4, 0.5) is 17.3 Å². The second kappa shape index (κ2) is 13.5. The Morgan fingerprint density at radius 2 is 1.73 bits per heavy atom. The van der Waals surface area contributed by atoms with E-state index >= 15 is 0 Å². The first-order valence-corrected chi connectivity index (χ1v) is 16.3. The van der Waals surface area contributed by atoms with Crippen molar-refractivity contribution in [2.45, 2.75) is 70.0 Å². The number of piperazine rings is 1. The van der Waals surface area contributed by atoms with E-state index in [1.807, 2.05) is 6.20 Å². The molecule has 0 spiro atoms. The average molecular weight is 598 g/mol. The van der Waals surface area contributed by atoms with E-state index in [9.17, 15) is 4.79 Å². The Hall–Kier alpha value is -3.76. The molecule has 10 nitrogen and oxygen atoms in total. The number of rotatable bonds is 8. The fourth-order valence-corrected chi connectivity index (χ4v) is 7.10. The molecule has 2 aliphatic heterocycles. The second-order valence-electron chi connectivity index (χ2n) is 12.6. The number of carbonyl (C=O) groups is 1. The third-order valence-corrected chi connectivity index (χ3v) is 9.74. The van der Waals surface area contributed by atoms with Gasteiger partial charge in [0.25, 0.3) is 0 Å². The van der Waals surface area contributed by atoms with Crippen molar-refractivity contribution >= 4 is 34.3 Å². The van der Waals surface area contributed by atoms with Crippen LogP contribution in [0, 0.1) is 0 Å². The molecule has 1 saturated carbocycles. The van der Waals surface area contributed by atoms with E-state index in [2.05, 4.69) is 75.1 Å². The minimum Gasteiger partial charge on any atom is -0.382 e. The number of pyridine rings is 1. The number of benzene rings is 1. The van der Waals surface area contributed by atoms with Crippen molar-refractivity contribution in [3.63, 3.8) is 0 Å². The standard InChI is InChI=1S/C34H47N9O/c1-4-29-34(38-25-8-6-7-24(21-25)37-30(44)5-2)40-31-28(22-36-33(35)32(31)39-29)23-9-11-26(12-10-23)42-15-13-27(14-16-42)43-19-17-41(3)18-20-43/h5,9-12,22,24-25,27H,2,4,6-8,13-21H2,1,3H3,(H2,35,36)(H,37,44)(H,38,40). The van der Waals surface area contributed by atoms with Crippen molar-refractivity contribution in [1.29, 1.82) is 0 Å². The molecule has 1 aliphatic carbocycles. The number of aryl methyl sites for hydroxylation is 1. The van der Waals surface area contributed by atoms with Crippen molar-refractivity contribution < 1.29 is 4.79 Å². The van der Waals surface area contributed by atoms with Crippen LogP contribution in [0.3, 0.4) is 0 Å². The summed E-state index contributed by atoms with van der Waals surface area (Å²) in [7, 11) is 2.22. The van der Waals surface area contributed by atoms with Gasteiger partial charge in [0.1, 0.15) is 16.9 Å². The summed E-state index contributed by atoms with van der Waals surface area (Å²) >= 11 is 0. The maximum atomic E-state index is 11.9. The average Bonchev–Trinajstić information content (AvgIpc) is 3.05. The number of carbonyl (C=O) groups excluding carboxylic acids is 1. The van der Waals surface area contributed by atoms with Gasteiger partial charge in [-0.15, -0.1) is 0 Å². The van der Waals surface area contributed by atoms with E-state index in [-0.39, 0.29) is 18.0 Å². The highest BCUT2D eigenvalue weighted by molar-refractivity contribution is 5.97. The van der Waals surface area contributed by atoms with Crippen molar-refractivity contribution in [1.82, 2.24) is 30.1 Å². The molecule has 0 radical (unpaired) electrons. The van der Waals surface area contributed by atoms with Crippen LogP contribution in [0.25, 0.3) is 22.2 Å². The Kier molecular flexibility index (Phi) is 9.28. The van der Waals surface area contributed by atoms with Gasteiger partial charge in [0.05, 0.1) is 5.69 Å². The quantitative estimate of drug-likeness (QED) is 0.331. The Balaban J connectivity index is 1.19. The van der Waals surface area contributed by atoms with E-state index in [4.69, 9.17) is 15.7 Å². The van der Waals surface area contributed by atoms with Gasteiger partial charge in [-0.3, -0.25) is 9.69 Å². The fourth-order valence-electron chi connectivity index (χ4n) is 7.10. The van der Waals surface area contributed by atoms with Gasteiger partial charge in [-0.2, -0.15) is 0 Å². The summed E-state index contributed by atoms with van der Waals surface area (Å²) in [5.41, 5.74) is 11.8. The molecule has 0 bridgehead atoms. The number of aromatic nitrogens is 3. The van der Waals surface area contributed by atoms with Crippen molar-refractivity contribution in [2.24, 2.45) is 0 Å². The minimum absolute atomic E-state index is 0.121. The first kappa shape index (κ1) is 30.3. The van der Waals surface area contributed by atoms with Crippen molar-refractivity contribution in [2.75, 3.05) is 62.3 Å². The van der Waals surface area contributed by atoms with Crippen LogP contribution in [0.1, 0.15) is 51.1 Å². The third-order valence-electron chi connectivity index (χ3n) is 9.74. The molecule has 1 amide bonds. The molecule has 3 aromatic rings. The van der Waals surface area contributed by atoms with Gasteiger partial charge in [-0.1, -0.05) is 25.6 Å². The number of likely N-dealkylation sites (N-methyl/N-ethyl adjacent to an activating group) is 1. The highest BCUT2D eigenvalue weighted by atomic mass is 16.1. The van der Waals surface area contributed by atoms with Gasteiger partial charge in [-0.05, 0) is 75.8 Å². The van der Waals surface area contributed by atoms with E-state index in [1.165, 1.54) is 50.8 Å². The summed E-state index contributed by atoms with van der Waals surface area (Å²) in [6, 6.07) is 9.80. The summed E-state index contributed by atoms with van der Waals surface area (Å²) in [5.74, 6) is 1.05. The van der Waals surface area contributed by atoms with E-state index in [1.54, 1.807) is 0 Å². The van der Waals surface area contributed by atoms with Gasteiger partial charge in [-0.25, -0.2) is 15.0 Å². The number of hydrogen-bond acceptors (Lipinski definition) is 9. The van der Waals surface area contributed by atoms with Gasteiger partial charge in [0.15, 0.2) is 5.82 Å². The molecule has 2 unspecified atom stereocenters. The topological polar surface area (TPSA) is 116 Å². The summed E-state index contributed by atoms with van der Waals surface area (Å²) < 4.78 is 0. The molecular formula is C34H47N9O. The molecule has 2 saturated heterocycles. The van der Waals surface area contributed by atoms with E-state index < -0.39 is 0 Å². The molecule has 2 aromatic heterocycles. The number of nitrogens with zero attached hydrogens (tertiary/aromatic N) is 6. The summed E-state index contributed by atoms with van der Waals surface area (Å²) in [6.45, 7) is 12.6. The van der Waals surface area contributed by atoms with Crippen LogP contribution in [0.15, 0.2) is 43.1 Å². The van der Waals surface area contributed by atoms with Gasteiger partial charge >= 0.3 is 0 Å². The predicted molar refractivity (Wildman–Crippen MR) is 179 cm³/mol. The second-order valence-corrected chi connectivity index (χ2v) is 12.6. The number of nitrogens with one attached hydrogen (secondary N) is 2. The molecule has 4 N–H and O–H groups in total. The van der Waals surface area contributed by atoms with Crippen molar-refractivity contribution in [3.05, 3.63) is 48.8 Å². The van der Waals surface area contributed by atoms with Gasteiger partial charge in [0.2, 0.25) is 5.91 Å². The summed E-state index contributed by atoms with van der Waals surface area (Å²) in [5, 5.41) is 6.73. The Morgan fingerprint density at radius 1 is 1.00 bits per heavy atom. The number of piperidine rings is 1. The number of amides is 1. The third kappa shape index (κ3) is 6.66. The largest absolute Gasteiger partial charge is 0.382 e. The fraction of sp³-hybridized carbons (Fsp3) is 0.529. The lowest BCUT2D eigenvalue weighted by molar-refractivity contribution is -0.117. The van der Waals surface area contributed by atoms with Gasteiger partial charge < -0.3 is 26.2 Å². The Morgan fingerprint density at radius 3 is 2.43 bits per heavy atom.